The Hall–Kier alpha value is -1.85. The Morgan fingerprint density at radius 3 is 2.74 bits per heavy atom. The molecule has 0 bridgehead atoms. The molecule has 2 N–H and O–H groups in total. The minimum Gasteiger partial charge on any atom is -0.396 e. The van der Waals surface area contributed by atoms with Crippen LogP contribution in [0, 0.1) is 12.8 Å². The van der Waals surface area contributed by atoms with Gasteiger partial charge in [0.15, 0.2) is 0 Å². The lowest BCUT2D eigenvalue weighted by atomic mass is 10.0. The molecule has 0 saturated heterocycles. The van der Waals surface area contributed by atoms with Gasteiger partial charge in [-0.3, -0.25) is 9.78 Å². The van der Waals surface area contributed by atoms with Gasteiger partial charge in [-0.25, -0.2) is 0 Å². The lowest BCUT2D eigenvalue weighted by molar-refractivity contribution is -0.118. The van der Waals surface area contributed by atoms with Crippen LogP contribution in [0.4, 0.5) is 0 Å². The van der Waals surface area contributed by atoms with Gasteiger partial charge >= 0.3 is 0 Å². The standard InChI is InChI=1S/C18H22N2O2S/c1-14-6-2-3-8-17(14)23-13-18(22)20-11-15(12-21)10-16-7-4-5-9-19-16/h2-9,15,21H,10-13H2,1H3,(H,20,22). The summed E-state index contributed by atoms with van der Waals surface area (Å²) in [4.78, 5) is 17.3. The summed E-state index contributed by atoms with van der Waals surface area (Å²) in [5, 5.41) is 12.4. The Morgan fingerprint density at radius 2 is 2.04 bits per heavy atom. The average Bonchev–Trinajstić information content (AvgIpc) is 2.58. The van der Waals surface area contributed by atoms with Crippen LogP contribution in [0.3, 0.4) is 0 Å². The van der Waals surface area contributed by atoms with Gasteiger partial charge in [-0.2, -0.15) is 0 Å². The number of pyridine rings is 1. The van der Waals surface area contributed by atoms with E-state index >= 15 is 0 Å². The van der Waals surface area contributed by atoms with Crippen molar-refractivity contribution < 1.29 is 9.90 Å². The summed E-state index contributed by atoms with van der Waals surface area (Å²) >= 11 is 1.53. The van der Waals surface area contributed by atoms with Crippen LogP contribution in [0.15, 0.2) is 53.6 Å². The van der Waals surface area contributed by atoms with Crippen LogP contribution in [-0.4, -0.2) is 34.9 Å². The van der Waals surface area contributed by atoms with Gasteiger partial charge in [0, 0.05) is 35.9 Å². The van der Waals surface area contributed by atoms with E-state index in [1.54, 1.807) is 6.20 Å². The summed E-state index contributed by atoms with van der Waals surface area (Å²) in [5.41, 5.74) is 2.10. The van der Waals surface area contributed by atoms with Gasteiger partial charge < -0.3 is 10.4 Å². The molecule has 0 aliphatic rings. The van der Waals surface area contributed by atoms with E-state index in [9.17, 15) is 9.90 Å². The molecule has 23 heavy (non-hydrogen) atoms. The number of nitrogens with one attached hydrogen (secondary N) is 1. The zero-order valence-electron chi connectivity index (χ0n) is 13.2. The van der Waals surface area contributed by atoms with Gasteiger partial charge in [-0.15, -0.1) is 11.8 Å². The van der Waals surface area contributed by atoms with Crippen LogP contribution >= 0.6 is 11.8 Å². The zero-order chi connectivity index (χ0) is 16.5. The van der Waals surface area contributed by atoms with Crippen molar-refractivity contribution in [1.82, 2.24) is 10.3 Å². The molecule has 1 heterocycles. The number of rotatable bonds is 8. The number of thioether (sulfide) groups is 1. The van der Waals surface area contributed by atoms with Crippen LogP contribution in [0.5, 0.6) is 0 Å². The second kappa shape index (κ2) is 9.33. The van der Waals surface area contributed by atoms with Gasteiger partial charge in [0.05, 0.1) is 5.75 Å². The Bertz CT molecular complexity index is 619. The van der Waals surface area contributed by atoms with Crippen LogP contribution in [0.25, 0.3) is 0 Å². The molecule has 0 fully saturated rings. The quantitative estimate of drug-likeness (QED) is 0.730. The number of benzene rings is 1. The van der Waals surface area contributed by atoms with Crippen LogP contribution in [0.2, 0.25) is 0 Å². The van der Waals surface area contributed by atoms with E-state index in [4.69, 9.17) is 0 Å². The third kappa shape index (κ3) is 6.04. The Kier molecular flexibility index (Phi) is 7.10. The van der Waals surface area contributed by atoms with Crippen molar-refractivity contribution >= 4 is 17.7 Å². The first-order valence-electron chi connectivity index (χ1n) is 7.65. The second-order valence-electron chi connectivity index (χ2n) is 5.43. The first-order chi connectivity index (χ1) is 11.2. The number of aryl methyl sites for hydroxylation is 1. The Balaban J connectivity index is 1.75. The highest BCUT2D eigenvalue weighted by Gasteiger charge is 2.11. The molecular formula is C18H22N2O2S. The second-order valence-corrected chi connectivity index (χ2v) is 6.45. The Labute approximate surface area is 141 Å². The molecule has 0 aliphatic heterocycles. The predicted molar refractivity (Wildman–Crippen MR) is 93.4 cm³/mol. The maximum Gasteiger partial charge on any atom is 0.230 e. The molecular weight excluding hydrogens is 308 g/mol. The molecule has 0 spiro atoms. The molecule has 1 aromatic carbocycles. The fourth-order valence-corrected chi connectivity index (χ4v) is 3.05. The number of hydrogen-bond donors (Lipinski definition) is 2. The van der Waals surface area contributed by atoms with E-state index in [0.29, 0.717) is 18.7 Å². The molecule has 1 amide bonds. The maximum atomic E-state index is 12.0. The lowest BCUT2D eigenvalue weighted by Gasteiger charge is -2.14. The third-order valence-electron chi connectivity index (χ3n) is 3.52. The van der Waals surface area contributed by atoms with Crippen molar-refractivity contribution in [3.05, 3.63) is 59.9 Å². The van der Waals surface area contributed by atoms with E-state index in [0.717, 1.165) is 10.6 Å². The number of hydrogen-bond acceptors (Lipinski definition) is 4. The maximum absolute atomic E-state index is 12.0. The number of carbonyl (C=O) groups excluding carboxylic acids is 1. The first kappa shape index (κ1) is 17.5. The van der Waals surface area contributed by atoms with Crippen molar-refractivity contribution in [2.45, 2.75) is 18.2 Å². The molecule has 5 heteroatoms. The summed E-state index contributed by atoms with van der Waals surface area (Å²) < 4.78 is 0. The molecule has 2 aromatic rings. The van der Waals surface area contributed by atoms with Crippen LogP contribution < -0.4 is 5.32 Å². The first-order valence-corrected chi connectivity index (χ1v) is 8.63. The van der Waals surface area contributed by atoms with Gasteiger partial charge in [-0.1, -0.05) is 24.3 Å². The largest absolute Gasteiger partial charge is 0.396 e. The van der Waals surface area contributed by atoms with E-state index in [1.807, 2.05) is 49.4 Å². The molecule has 4 nitrogen and oxygen atoms in total. The van der Waals surface area contributed by atoms with Gasteiger partial charge in [0.2, 0.25) is 5.91 Å². The Morgan fingerprint density at radius 1 is 1.26 bits per heavy atom. The summed E-state index contributed by atoms with van der Waals surface area (Å²) in [7, 11) is 0. The average molecular weight is 330 g/mol. The summed E-state index contributed by atoms with van der Waals surface area (Å²) in [6.07, 6.45) is 2.39. The molecule has 1 atom stereocenters. The van der Waals surface area contributed by atoms with Crippen molar-refractivity contribution in [3.63, 3.8) is 0 Å². The lowest BCUT2D eigenvalue weighted by Crippen LogP contribution is -2.33. The summed E-state index contributed by atoms with van der Waals surface area (Å²) in [6.45, 7) is 2.52. The zero-order valence-corrected chi connectivity index (χ0v) is 14.1. The molecule has 122 valence electrons. The number of carbonyl (C=O) groups is 1. The van der Waals surface area contributed by atoms with Crippen LogP contribution in [0.1, 0.15) is 11.3 Å². The number of aromatic nitrogens is 1. The minimum atomic E-state index is -0.0164. The predicted octanol–water partition coefficient (Wildman–Crippen LogP) is 2.45. The van der Waals surface area contributed by atoms with E-state index in [2.05, 4.69) is 10.3 Å². The van der Waals surface area contributed by atoms with Crippen molar-refractivity contribution in [2.24, 2.45) is 5.92 Å². The monoisotopic (exact) mass is 330 g/mol. The fraction of sp³-hybridized carbons (Fsp3) is 0.333. The van der Waals surface area contributed by atoms with Crippen molar-refractivity contribution in [1.29, 1.82) is 0 Å². The minimum absolute atomic E-state index is 0.0160. The fourth-order valence-electron chi connectivity index (χ4n) is 2.19. The van der Waals surface area contributed by atoms with E-state index in [-0.39, 0.29) is 18.4 Å². The molecule has 0 saturated carbocycles. The number of amides is 1. The molecule has 0 radical (unpaired) electrons. The summed E-state index contributed by atoms with van der Waals surface area (Å²) in [6, 6.07) is 13.7. The number of aliphatic hydroxyl groups is 1. The smallest absolute Gasteiger partial charge is 0.230 e. The van der Waals surface area contributed by atoms with Crippen LogP contribution in [-0.2, 0) is 11.2 Å². The van der Waals surface area contributed by atoms with E-state index in [1.165, 1.54) is 17.3 Å². The SMILES string of the molecule is Cc1ccccc1SCC(=O)NCC(CO)Cc1ccccn1. The van der Waals surface area contributed by atoms with Crippen molar-refractivity contribution in [3.8, 4) is 0 Å². The topological polar surface area (TPSA) is 62.2 Å². The van der Waals surface area contributed by atoms with Gasteiger partial charge in [-0.05, 0) is 37.1 Å². The van der Waals surface area contributed by atoms with Gasteiger partial charge in [0.25, 0.3) is 0 Å². The molecule has 0 aliphatic carbocycles. The normalized spacial score (nSPS) is 11.9. The number of nitrogens with zero attached hydrogens (tertiary/aromatic N) is 1. The third-order valence-corrected chi connectivity index (χ3v) is 4.70. The molecule has 1 unspecified atom stereocenters. The van der Waals surface area contributed by atoms with Gasteiger partial charge in [0.1, 0.15) is 0 Å². The van der Waals surface area contributed by atoms with Crippen molar-refractivity contribution in [2.75, 3.05) is 18.9 Å². The highest BCUT2D eigenvalue weighted by molar-refractivity contribution is 8.00. The summed E-state index contributed by atoms with van der Waals surface area (Å²) in [5.74, 6) is 0.349. The molecule has 1 aromatic heterocycles. The number of aliphatic hydroxyl groups excluding tert-OH is 1. The highest BCUT2D eigenvalue weighted by atomic mass is 32.2. The van der Waals surface area contributed by atoms with E-state index < -0.39 is 0 Å². The highest BCUT2D eigenvalue weighted by Crippen LogP contribution is 2.21. The molecule has 2 rings (SSSR count).